The van der Waals surface area contributed by atoms with E-state index in [1.807, 2.05) is 30.4 Å². The Labute approximate surface area is 148 Å². The predicted octanol–water partition coefficient (Wildman–Crippen LogP) is 4.00. The molecule has 2 heterocycles. The molecule has 0 aliphatic carbocycles. The van der Waals surface area contributed by atoms with Gasteiger partial charge in [-0.2, -0.15) is 0 Å². The number of aliphatic imine (C=N–C) groups is 1. The summed E-state index contributed by atoms with van der Waals surface area (Å²) in [5, 5.41) is 11.4. The van der Waals surface area contributed by atoms with Crippen LogP contribution in [0.5, 0.6) is 0 Å². The molecule has 5 heteroatoms. The van der Waals surface area contributed by atoms with Crippen molar-refractivity contribution in [2.45, 2.75) is 18.4 Å². The van der Waals surface area contributed by atoms with Crippen molar-refractivity contribution in [3.05, 3.63) is 60.2 Å². The topological polar surface area (TPSA) is 48.5 Å². The van der Waals surface area contributed by atoms with Crippen molar-refractivity contribution in [3.8, 4) is 0 Å². The Morgan fingerprint density at radius 2 is 2.04 bits per heavy atom. The Balaban J connectivity index is 1.95. The minimum atomic E-state index is -0.177. The molecule has 3 rings (SSSR count). The van der Waals surface area contributed by atoms with Crippen LogP contribution in [0.15, 0.2) is 60.2 Å². The van der Waals surface area contributed by atoms with Crippen LogP contribution in [0.4, 0.5) is 11.4 Å². The Kier molecular flexibility index (Phi) is 5.07. The van der Waals surface area contributed by atoms with Gasteiger partial charge in [0.2, 0.25) is 0 Å². The van der Waals surface area contributed by atoms with Crippen LogP contribution < -0.4 is 16.0 Å². The van der Waals surface area contributed by atoms with Gasteiger partial charge in [0, 0.05) is 5.02 Å². The lowest BCUT2D eigenvalue weighted by Crippen LogP contribution is -2.57. The number of piperidine rings is 1. The second kappa shape index (κ2) is 7.24. The van der Waals surface area contributed by atoms with E-state index in [4.69, 9.17) is 16.6 Å². The molecular weight excluding hydrogens is 320 g/mol. The van der Waals surface area contributed by atoms with Gasteiger partial charge < -0.3 is 16.0 Å². The third kappa shape index (κ3) is 3.40. The first kappa shape index (κ1) is 16.8. The Morgan fingerprint density at radius 3 is 2.75 bits per heavy atom. The van der Waals surface area contributed by atoms with Gasteiger partial charge in [0.05, 0.1) is 23.5 Å². The average molecular weight is 343 g/mol. The molecule has 126 valence electrons. The zero-order valence-electron chi connectivity index (χ0n) is 13.7. The summed E-state index contributed by atoms with van der Waals surface area (Å²) >= 11 is 6.16. The van der Waals surface area contributed by atoms with E-state index in [2.05, 4.69) is 29.1 Å². The van der Waals surface area contributed by atoms with Crippen LogP contribution in [-0.4, -0.2) is 31.0 Å². The summed E-state index contributed by atoms with van der Waals surface area (Å²) in [6, 6.07) is 5.85. The van der Waals surface area contributed by atoms with E-state index < -0.39 is 0 Å². The molecule has 0 unspecified atom stereocenters. The number of benzene rings is 1. The average Bonchev–Trinajstić information content (AvgIpc) is 2.59. The van der Waals surface area contributed by atoms with Crippen molar-refractivity contribution in [1.29, 1.82) is 0 Å². The Morgan fingerprint density at radius 1 is 1.25 bits per heavy atom. The highest BCUT2D eigenvalue weighted by Crippen LogP contribution is 2.37. The van der Waals surface area contributed by atoms with Gasteiger partial charge in [-0.25, -0.2) is 0 Å². The second-order valence-electron chi connectivity index (χ2n) is 6.12. The molecule has 4 nitrogen and oxygen atoms in total. The minimum absolute atomic E-state index is 0.177. The summed E-state index contributed by atoms with van der Waals surface area (Å²) in [6.07, 6.45) is 7.47. The molecule has 0 atom stereocenters. The fourth-order valence-electron chi connectivity index (χ4n) is 3.21. The van der Waals surface area contributed by atoms with E-state index in [1.165, 1.54) is 0 Å². The van der Waals surface area contributed by atoms with Gasteiger partial charge in [-0.3, -0.25) is 4.99 Å². The van der Waals surface area contributed by atoms with E-state index in [0.29, 0.717) is 6.54 Å². The molecule has 1 aromatic carbocycles. The maximum absolute atomic E-state index is 6.16. The van der Waals surface area contributed by atoms with Gasteiger partial charge in [-0.05, 0) is 49.7 Å². The third-order valence-electron chi connectivity index (χ3n) is 4.53. The van der Waals surface area contributed by atoms with Crippen molar-refractivity contribution in [2.24, 2.45) is 4.99 Å². The molecule has 1 fully saturated rings. The number of rotatable bonds is 4. The van der Waals surface area contributed by atoms with Gasteiger partial charge in [0.25, 0.3) is 0 Å². The number of amidine groups is 1. The normalized spacial score (nSPS) is 20.9. The van der Waals surface area contributed by atoms with Crippen molar-refractivity contribution in [1.82, 2.24) is 5.32 Å². The number of fused-ring (bicyclic) bond motifs is 1. The van der Waals surface area contributed by atoms with Gasteiger partial charge in [-0.1, -0.05) is 43.0 Å². The van der Waals surface area contributed by atoms with Crippen molar-refractivity contribution >= 4 is 28.8 Å². The summed E-state index contributed by atoms with van der Waals surface area (Å²) in [6.45, 7) is 10.1. The molecule has 1 saturated heterocycles. The summed E-state index contributed by atoms with van der Waals surface area (Å²) in [4.78, 5) is 4.87. The first-order valence-corrected chi connectivity index (χ1v) is 8.59. The zero-order valence-corrected chi connectivity index (χ0v) is 14.5. The molecule has 0 saturated carbocycles. The second-order valence-corrected chi connectivity index (χ2v) is 6.55. The summed E-state index contributed by atoms with van der Waals surface area (Å²) in [7, 11) is 0. The molecule has 24 heavy (non-hydrogen) atoms. The van der Waals surface area contributed by atoms with E-state index in [9.17, 15) is 0 Å². The van der Waals surface area contributed by atoms with Crippen LogP contribution in [0.3, 0.4) is 0 Å². The fourth-order valence-corrected chi connectivity index (χ4v) is 3.38. The first-order chi connectivity index (χ1) is 11.7. The number of halogens is 1. The SMILES string of the molecule is C=C/C=C(\C=C)CN=C1Nc2ccc(Cl)cc2NC12CCNCC2. The highest BCUT2D eigenvalue weighted by Gasteiger charge is 2.40. The number of hydrogen-bond donors (Lipinski definition) is 3. The monoisotopic (exact) mass is 342 g/mol. The Bertz CT molecular complexity index is 699. The molecule has 0 radical (unpaired) electrons. The van der Waals surface area contributed by atoms with Gasteiger partial charge in [0.15, 0.2) is 0 Å². The predicted molar refractivity (Wildman–Crippen MR) is 104 cm³/mol. The molecule has 0 aromatic heterocycles. The van der Waals surface area contributed by atoms with Crippen molar-refractivity contribution in [2.75, 3.05) is 30.3 Å². The lowest BCUT2D eigenvalue weighted by molar-refractivity contribution is 0.419. The fraction of sp³-hybridized carbons (Fsp3) is 0.316. The number of nitrogens with zero attached hydrogens (tertiary/aromatic N) is 1. The van der Waals surface area contributed by atoms with Gasteiger partial charge >= 0.3 is 0 Å². The van der Waals surface area contributed by atoms with Crippen LogP contribution in [0.2, 0.25) is 5.02 Å². The number of anilines is 2. The summed E-state index contributed by atoms with van der Waals surface area (Å²) < 4.78 is 0. The van der Waals surface area contributed by atoms with Crippen LogP contribution in [0.25, 0.3) is 0 Å². The number of allylic oxidation sites excluding steroid dienone is 2. The molecule has 3 N–H and O–H groups in total. The van der Waals surface area contributed by atoms with E-state index in [0.717, 1.165) is 53.7 Å². The Hall–Kier alpha value is -2.04. The highest BCUT2D eigenvalue weighted by molar-refractivity contribution is 6.31. The minimum Gasteiger partial charge on any atom is -0.371 e. The van der Waals surface area contributed by atoms with Gasteiger partial charge in [0.1, 0.15) is 5.84 Å². The quantitative estimate of drug-likeness (QED) is 0.725. The summed E-state index contributed by atoms with van der Waals surface area (Å²) in [5.74, 6) is 0.982. The highest BCUT2D eigenvalue weighted by atomic mass is 35.5. The standard InChI is InChI=1S/C19H23ClN4/c1-3-5-14(4-2)13-22-18-19(8-10-21-11-9-19)24-17-12-15(20)6-7-16(17)23-18/h3-7,12,21,24H,1-2,8-11,13H2,(H,22,23)/b14-5+. The number of nitrogens with one attached hydrogen (secondary N) is 3. The van der Waals surface area contributed by atoms with Crippen LogP contribution in [0, 0.1) is 0 Å². The molecule has 0 bridgehead atoms. The molecule has 2 aliphatic rings. The van der Waals surface area contributed by atoms with Crippen LogP contribution in [-0.2, 0) is 0 Å². The first-order valence-electron chi connectivity index (χ1n) is 8.21. The number of hydrogen-bond acceptors (Lipinski definition) is 3. The van der Waals surface area contributed by atoms with Crippen LogP contribution >= 0.6 is 11.6 Å². The lowest BCUT2D eigenvalue weighted by atomic mass is 9.84. The third-order valence-corrected chi connectivity index (χ3v) is 4.77. The maximum atomic E-state index is 6.16. The van der Waals surface area contributed by atoms with Crippen LogP contribution in [0.1, 0.15) is 12.8 Å². The molecule has 2 aliphatic heterocycles. The molecule has 0 amide bonds. The zero-order chi connectivity index (χ0) is 17.0. The molecule has 1 aromatic rings. The largest absolute Gasteiger partial charge is 0.371 e. The maximum Gasteiger partial charge on any atom is 0.127 e. The van der Waals surface area contributed by atoms with E-state index in [1.54, 1.807) is 6.08 Å². The summed E-state index contributed by atoms with van der Waals surface area (Å²) in [5.41, 5.74) is 2.91. The van der Waals surface area contributed by atoms with E-state index in [-0.39, 0.29) is 5.54 Å². The molecule has 1 spiro atoms. The smallest absolute Gasteiger partial charge is 0.127 e. The van der Waals surface area contributed by atoms with Crippen molar-refractivity contribution in [3.63, 3.8) is 0 Å². The molecular formula is C19H23ClN4. The van der Waals surface area contributed by atoms with Gasteiger partial charge in [-0.15, -0.1) is 0 Å². The lowest BCUT2D eigenvalue weighted by Gasteiger charge is -2.44. The van der Waals surface area contributed by atoms with E-state index >= 15 is 0 Å². The van der Waals surface area contributed by atoms with Crippen molar-refractivity contribution < 1.29 is 0 Å².